The zero-order valence-electron chi connectivity index (χ0n) is 9.02. The Hall–Kier alpha value is 0.950. The van der Waals surface area contributed by atoms with Crippen molar-refractivity contribution in [2.45, 2.75) is 43.9 Å². The zero-order chi connectivity index (χ0) is 11.5. The molecule has 0 amide bonds. The van der Waals surface area contributed by atoms with Crippen molar-refractivity contribution in [3.8, 4) is 0 Å². The Morgan fingerprint density at radius 3 is 2.31 bits per heavy atom. The summed E-state index contributed by atoms with van der Waals surface area (Å²) in [4.78, 5) is 0. The molecule has 1 unspecified atom stereocenters. The fourth-order valence-electron chi connectivity index (χ4n) is 2.40. The van der Waals surface area contributed by atoms with Crippen LogP contribution in [0.1, 0.15) is 49.5 Å². The van der Waals surface area contributed by atoms with Crippen LogP contribution in [0.4, 0.5) is 0 Å². The van der Waals surface area contributed by atoms with E-state index in [2.05, 4.69) is 37.9 Å². The van der Waals surface area contributed by atoms with E-state index in [1.165, 1.54) is 47.9 Å². The normalized spacial score (nSPS) is 20.7. The Bertz CT molecular complexity index is 343. The molecule has 0 radical (unpaired) electrons. The highest BCUT2D eigenvalue weighted by Gasteiger charge is 2.25. The smallest absolute Gasteiger partial charge is 0.0757 e. The third kappa shape index (κ3) is 3.24. The van der Waals surface area contributed by atoms with Crippen molar-refractivity contribution in [3.05, 3.63) is 19.2 Å². The number of hydrogen-bond donors (Lipinski definition) is 0. The topological polar surface area (TPSA) is 0 Å². The Kier molecular flexibility index (Phi) is 5.20. The molecule has 1 aliphatic rings. The van der Waals surface area contributed by atoms with Gasteiger partial charge in [0.05, 0.1) is 12.9 Å². The van der Waals surface area contributed by atoms with E-state index in [-0.39, 0.29) is 5.38 Å². The van der Waals surface area contributed by atoms with Crippen LogP contribution in [0.25, 0.3) is 0 Å². The van der Waals surface area contributed by atoms with E-state index in [9.17, 15) is 0 Å². The largest absolute Gasteiger partial charge is 0.121 e. The van der Waals surface area contributed by atoms with Crippen molar-refractivity contribution >= 4 is 54.8 Å². The summed E-state index contributed by atoms with van der Waals surface area (Å²) < 4.78 is 2.34. The van der Waals surface area contributed by atoms with E-state index in [1.54, 1.807) is 11.3 Å². The summed E-state index contributed by atoms with van der Waals surface area (Å²) in [5, 5.41) is 0.176. The van der Waals surface area contributed by atoms with Gasteiger partial charge in [0, 0.05) is 0 Å². The minimum absolute atomic E-state index is 0.176. The lowest BCUT2D eigenvalue weighted by atomic mass is 9.93. The van der Waals surface area contributed by atoms with Gasteiger partial charge < -0.3 is 0 Å². The van der Waals surface area contributed by atoms with Crippen molar-refractivity contribution in [2.24, 2.45) is 5.92 Å². The van der Waals surface area contributed by atoms with Gasteiger partial charge in [0.15, 0.2) is 0 Å². The summed E-state index contributed by atoms with van der Waals surface area (Å²) in [6, 6.07) is 2.16. The lowest BCUT2D eigenvalue weighted by Crippen LogP contribution is -2.06. The van der Waals surface area contributed by atoms with Gasteiger partial charge >= 0.3 is 0 Å². The van der Waals surface area contributed by atoms with Crippen LogP contribution in [0.3, 0.4) is 0 Å². The third-order valence-electron chi connectivity index (χ3n) is 3.29. The number of rotatable bonds is 2. The van der Waals surface area contributed by atoms with Gasteiger partial charge in [0.25, 0.3) is 0 Å². The highest BCUT2D eigenvalue weighted by atomic mass is 79.9. The van der Waals surface area contributed by atoms with E-state index in [0.717, 1.165) is 3.79 Å². The average Bonchev–Trinajstić information content (AvgIpc) is 2.49. The SMILES string of the molecule is ClC(c1cc(Br)sc1Br)C1CCCCCC1. The molecule has 0 spiro atoms. The highest BCUT2D eigenvalue weighted by molar-refractivity contribution is 9.12. The molecule has 1 aromatic heterocycles. The maximum atomic E-state index is 6.63. The molecule has 0 bridgehead atoms. The van der Waals surface area contributed by atoms with Crippen molar-refractivity contribution in [2.75, 3.05) is 0 Å². The molecular formula is C12H15Br2ClS. The molecule has 0 N–H and O–H groups in total. The molecule has 1 atom stereocenters. The number of halogens is 3. The maximum Gasteiger partial charge on any atom is 0.0757 e. The first-order valence-electron chi connectivity index (χ1n) is 5.77. The van der Waals surface area contributed by atoms with E-state index in [1.807, 2.05) is 0 Å². The first-order valence-corrected chi connectivity index (χ1v) is 8.61. The molecule has 0 aromatic carbocycles. The first kappa shape index (κ1) is 13.4. The second-order valence-corrected chi connectivity index (χ2v) is 8.65. The minimum atomic E-state index is 0.176. The molecule has 1 saturated carbocycles. The van der Waals surface area contributed by atoms with Crippen molar-refractivity contribution in [3.63, 3.8) is 0 Å². The van der Waals surface area contributed by atoms with E-state index < -0.39 is 0 Å². The Morgan fingerprint density at radius 1 is 1.19 bits per heavy atom. The second-order valence-electron chi connectivity index (χ2n) is 4.43. The fraction of sp³-hybridized carbons (Fsp3) is 0.667. The molecule has 0 nitrogen and oxygen atoms in total. The summed E-state index contributed by atoms with van der Waals surface area (Å²) in [6.45, 7) is 0. The molecule has 90 valence electrons. The van der Waals surface area contributed by atoms with Crippen LogP contribution >= 0.6 is 54.8 Å². The summed E-state index contributed by atoms with van der Waals surface area (Å²) in [5.41, 5.74) is 1.27. The quantitative estimate of drug-likeness (QED) is 0.401. The Morgan fingerprint density at radius 2 is 1.81 bits per heavy atom. The molecule has 1 heterocycles. The van der Waals surface area contributed by atoms with Crippen LogP contribution in [0.15, 0.2) is 13.6 Å². The van der Waals surface area contributed by atoms with E-state index in [0.29, 0.717) is 5.92 Å². The molecule has 1 fully saturated rings. The number of thiophene rings is 1. The highest BCUT2D eigenvalue weighted by Crippen LogP contribution is 2.44. The van der Waals surface area contributed by atoms with Gasteiger partial charge in [0.1, 0.15) is 0 Å². The minimum Gasteiger partial charge on any atom is -0.121 e. The predicted octanol–water partition coefficient (Wildman–Crippen LogP) is 6.52. The summed E-state index contributed by atoms with van der Waals surface area (Å²) in [5.74, 6) is 0.655. The first-order chi connectivity index (χ1) is 7.68. The lowest BCUT2D eigenvalue weighted by Gasteiger charge is -2.20. The molecule has 1 aliphatic carbocycles. The second kappa shape index (κ2) is 6.21. The van der Waals surface area contributed by atoms with Gasteiger partial charge in [-0.15, -0.1) is 22.9 Å². The van der Waals surface area contributed by atoms with E-state index in [4.69, 9.17) is 11.6 Å². The maximum absolute atomic E-state index is 6.63. The van der Waals surface area contributed by atoms with Gasteiger partial charge in [-0.2, -0.15) is 0 Å². The van der Waals surface area contributed by atoms with Crippen molar-refractivity contribution < 1.29 is 0 Å². The zero-order valence-corrected chi connectivity index (χ0v) is 13.8. The molecule has 2 rings (SSSR count). The monoisotopic (exact) mass is 384 g/mol. The Balaban J connectivity index is 2.10. The van der Waals surface area contributed by atoms with Gasteiger partial charge in [-0.3, -0.25) is 0 Å². The van der Waals surface area contributed by atoms with Crippen LogP contribution in [-0.2, 0) is 0 Å². The number of alkyl halides is 1. The van der Waals surface area contributed by atoms with Gasteiger partial charge in [-0.25, -0.2) is 0 Å². The summed E-state index contributed by atoms with van der Waals surface area (Å²) >= 11 is 15.5. The van der Waals surface area contributed by atoms with Gasteiger partial charge in [-0.1, -0.05) is 25.7 Å². The van der Waals surface area contributed by atoms with Gasteiger partial charge in [-0.05, 0) is 62.2 Å². The molecule has 4 heteroatoms. The van der Waals surface area contributed by atoms with Crippen LogP contribution in [0.5, 0.6) is 0 Å². The molecular weight excluding hydrogens is 371 g/mol. The lowest BCUT2D eigenvalue weighted by molar-refractivity contribution is 0.445. The van der Waals surface area contributed by atoms with Gasteiger partial charge in [0.2, 0.25) is 0 Å². The molecule has 1 aromatic rings. The predicted molar refractivity (Wildman–Crippen MR) is 79.5 cm³/mol. The van der Waals surface area contributed by atoms with Crippen LogP contribution in [0.2, 0.25) is 0 Å². The molecule has 16 heavy (non-hydrogen) atoms. The standard InChI is InChI=1S/C12H15Br2ClS/c13-10-7-9(12(14)16-10)11(15)8-5-3-1-2-4-6-8/h7-8,11H,1-6H2. The molecule has 0 saturated heterocycles. The van der Waals surface area contributed by atoms with Crippen LogP contribution < -0.4 is 0 Å². The average molecular weight is 387 g/mol. The molecule has 0 aliphatic heterocycles. The van der Waals surface area contributed by atoms with E-state index >= 15 is 0 Å². The summed E-state index contributed by atoms with van der Waals surface area (Å²) in [7, 11) is 0. The van der Waals surface area contributed by atoms with Crippen molar-refractivity contribution in [1.29, 1.82) is 0 Å². The fourth-order valence-corrected chi connectivity index (χ4v) is 5.95. The third-order valence-corrected chi connectivity index (χ3v) is 6.27. The summed E-state index contributed by atoms with van der Waals surface area (Å²) in [6.07, 6.45) is 8.03. The number of hydrogen-bond acceptors (Lipinski definition) is 1. The van der Waals surface area contributed by atoms with Crippen LogP contribution in [-0.4, -0.2) is 0 Å². The Labute approximate surface area is 123 Å². The van der Waals surface area contributed by atoms with Crippen molar-refractivity contribution in [1.82, 2.24) is 0 Å². The van der Waals surface area contributed by atoms with Crippen LogP contribution in [0, 0.1) is 5.92 Å².